The minimum atomic E-state index is -0.150. The summed E-state index contributed by atoms with van der Waals surface area (Å²) in [4.78, 5) is 12.2. The quantitative estimate of drug-likeness (QED) is 0.864. The van der Waals surface area contributed by atoms with E-state index >= 15 is 0 Å². The van der Waals surface area contributed by atoms with Crippen LogP contribution in [0.15, 0.2) is 24.5 Å². The van der Waals surface area contributed by atoms with Crippen LogP contribution in [0.3, 0.4) is 0 Å². The summed E-state index contributed by atoms with van der Waals surface area (Å²) in [5.41, 5.74) is 3.01. The monoisotopic (exact) mass is 260 g/mol. The molecule has 0 aliphatic carbocycles. The van der Waals surface area contributed by atoms with Gasteiger partial charge in [0.05, 0.1) is 5.69 Å². The number of hydrogen-bond acceptors (Lipinski definition) is 2. The summed E-state index contributed by atoms with van der Waals surface area (Å²) < 4.78 is 1.93. The standard InChI is InChI=1S/C14H20N4O/c1-4-13(18-7-5-6-8-18)14(19)15-9-12-10(2)16-17-11(12)3/h5-8,13H,4,9H2,1-3H3,(H,15,19)(H,16,17)/t13-/m0/s1. The highest BCUT2D eigenvalue weighted by Crippen LogP contribution is 2.13. The van der Waals surface area contributed by atoms with Crippen molar-refractivity contribution in [2.75, 3.05) is 0 Å². The summed E-state index contributed by atoms with van der Waals surface area (Å²) in [7, 11) is 0. The normalized spacial score (nSPS) is 12.4. The Morgan fingerprint density at radius 2 is 2.11 bits per heavy atom. The fourth-order valence-electron chi connectivity index (χ4n) is 2.22. The first kappa shape index (κ1) is 13.4. The molecule has 0 bridgehead atoms. The lowest BCUT2D eigenvalue weighted by Gasteiger charge is -2.16. The number of amides is 1. The molecule has 2 rings (SSSR count). The average molecular weight is 260 g/mol. The Kier molecular flexibility index (Phi) is 4.04. The van der Waals surface area contributed by atoms with E-state index in [1.807, 2.05) is 49.9 Å². The first-order chi connectivity index (χ1) is 9.13. The first-order valence-electron chi connectivity index (χ1n) is 6.54. The van der Waals surface area contributed by atoms with E-state index in [2.05, 4.69) is 15.5 Å². The molecule has 102 valence electrons. The van der Waals surface area contributed by atoms with Gasteiger partial charge in [-0.1, -0.05) is 6.92 Å². The van der Waals surface area contributed by atoms with Gasteiger partial charge in [0.1, 0.15) is 6.04 Å². The van der Waals surface area contributed by atoms with E-state index in [1.54, 1.807) is 0 Å². The molecule has 2 aromatic heterocycles. The number of aromatic amines is 1. The Morgan fingerprint density at radius 1 is 1.42 bits per heavy atom. The molecule has 0 spiro atoms. The van der Waals surface area contributed by atoms with Crippen molar-refractivity contribution in [3.8, 4) is 0 Å². The molecular weight excluding hydrogens is 240 g/mol. The Morgan fingerprint density at radius 3 is 2.63 bits per heavy atom. The average Bonchev–Trinajstić information content (AvgIpc) is 3.00. The summed E-state index contributed by atoms with van der Waals surface area (Å²) in [5, 5.41) is 10.0. The molecular formula is C14H20N4O. The van der Waals surface area contributed by atoms with Crippen LogP contribution in [0.4, 0.5) is 0 Å². The summed E-state index contributed by atoms with van der Waals surface area (Å²) in [6.45, 7) is 6.43. The van der Waals surface area contributed by atoms with Crippen LogP contribution in [0.25, 0.3) is 0 Å². The van der Waals surface area contributed by atoms with Crippen LogP contribution in [-0.2, 0) is 11.3 Å². The van der Waals surface area contributed by atoms with Crippen molar-refractivity contribution in [3.63, 3.8) is 0 Å². The molecule has 0 unspecified atom stereocenters. The Labute approximate surface area is 113 Å². The van der Waals surface area contributed by atoms with Crippen LogP contribution in [0.1, 0.15) is 36.3 Å². The van der Waals surface area contributed by atoms with E-state index in [4.69, 9.17) is 0 Å². The highest BCUT2D eigenvalue weighted by molar-refractivity contribution is 5.80. The Hall–Kier alpha value is -2.04. The van der Waals surface area contributed by atoms with Gasteiger partial charge in [0, 0.05) is 30.2 Å². The summed E-state index contributed by atoms with van der Waals surface area (Å²) in [5.74, 6) is 0.0405. The fourth-order valence-corrected chi connectivity index (χ4v) is 2.22. The van der Waals surface area contributed by atoms with Crippen molar-refractivity contribution in [2.45, 2.75) is 39.8 Å². The lowest BCUT2D eigenvalue weighted by Crippen LogP contribution is -2.31. The van der Waals surface area contributed by atoms with E-state index in [0.717, 1.165) is 23.4 Å². The highest BCUT2D eigenvalue weighted by Gasteiger charge is 2.17. The molecule has 2 heterocycles. The van der Waals surface area contributed by atoms with Gasteiger partial charge in [0.15, 0.2) is 0 Å². The second kappa shape index (κ2) is 5.73. The van der Waals surface area contributed by atoms with Crippen LogP contribution in [0.2, 0.25) is 0 Å². The van der Waals surface area contributed by atoms with Gasteiger partial charge < -0.3 is 9.88 Å². The van der Waals surface area contributed by atoms with Gasteiger partial charge in [0.25, 0.3) is 0 Å². The summed E-state index contributed by atoms with van der Waals surface area (Å²) in [6, 6.07) is 3.71. The maximum atomic E-state index is 12.2. The number of nitrogens with zero attached hydrogens (tertiary/aromatic N) is 2. The zero-order chi connectivity index (χ0) is 13.8. The molecule has 1 amide bonds. The van der Waals surface area contributed by atoms with E-state index in [9.17, 15) is 4.79 Å². The van der Waals surface area contributed by atoms with Crippen molar-refractivity contribution in [1.82, 2.24) is 20.1 Å². The number of rotatable bonds is 5. The molecule has 5 nitrogen and oxygen atoms in total. The van der Waals surface area contributed by atoms with Crippen LogP contribution in [-0.4, -0.2) is 20.7 Å². The van der Waals surface area contributed by atoms with Gasteiger partial charge in [0.2, 0.25) is 5.91 Å². The zero-order valence-corrected chi connectivity index (χ0v) is 11.6. The Bertz CT molecular complexity index is 522. The van der Waals surface area contributed by atoms with Gasteiger partial charge in [-0.15, -0.1) is 0 Å². The van der Waals surface area contributed by atoms with E-state index < -0.39 is 0 Å². The minimum Gasteiger partial charge on any atom is -0.350 e. The van der Waals surface area contributed by atoms with Crippen LogP contribution in [0.5, 0.6) is 0 Å². The van der Waals surface area contributed by atoms with Crippen LogP contribution < -0.4 is 5.32 Å². The molecule has 5 heteroatoms. The third-order valence-corrected chi connectivity index (χ3v) is 3.40. The van der Waals surface area contributed by atoms with Gasteiger partial charge in [-0.05, 0) is 32.4 Å². The number of hydrogen-bond donors (Lipinski definition) is 2. The molecule has 19 heavy (non-hydrogen) atoms. The molecule has 0 aliphatic rings. The van der Waals surface area contributed by atoms with Crippen molar-refractivity contribution in [1.29, 1.82) is 0 Å². The number of aryl methyl sites for hydroxylation is 2. The number of carbonyl (C=O) groups excluding carboxylic acids is 1. The van der Waals surface area contributed by atoms with Crippen LogP contribution in [0, 0.1) is 13.8 Å². The van der Waals surface area contributed by atoms with Gasteiger partial charge in [-0.2, -0.15) is 5.10 Å². The van der Waals surface area contributed by atoms with Gasteiger partial charge in [-0.25, -0.2) is 0 Å². The smallest absolute Gasteiger partial charge is 0.243 e. The molecule has 1 atom stereocenters. The Balaban J connectivity index is 2.01. The third kappa shape index (κ3) is 2.86. The predicted octanol–water partition coefficient (Wildman–Crippen LogP) is 2.10. The minimum absolute atomic E-state index is 0.0405. The maximum Gasteiger partial charge on any atom is 0.243 e. The lowest BCUT2D eigenvalue weighted by atomic mass is 10.1. The second-order valence-corrected chi connectivity index (χ2v) is 4.68. The number of aromatic nitrogens is 3. The molecule has 0 radical (unpaired) electrons. The predicted molar refractivity (Wildman–Crippen MR) is 73.7 cm³/mol. The number of H-pyrrole nitrogens is 1. The fraction of sp³-hybridized carbons (Fsp3) is 0.429. The van der Waals surface area contributed by atoms with E-state index in [0.29, 0.717) is 6.54 Å². The SMILES string of the molecule is CC[C@@H](C(=O)NCc1c(C)n[nH]c1C)n1cccc1. The first-order valence-corrected chi connectivity index (χ1v) is 6.54. The van der Waals surface area contributed by atoms with Crippen molar-refractivity contribution in [3.05, 3.63) is 41.5 Å². The molecule has 0 aliphatic heterocycles. The third-order valence-electron chi connectivity index (χ3n) is 3.40. The number of carbonyl (C=O) groups is 1. The van der Waals surface area contributed by atoms with Crippen LogP contribution >= 0.6 is 0 Å². The van der Waals surface area contributed by atoms with Gasteiger partial charge >= 0.3 is 0 Å². The zero-order valence-electron chi connectivity index (χ0n) is 11.6. The lowest BCUT2D eigenvalue weighted by molar-refractivity contribution is -0.124. The van der Waals surface area contributed by atoms with E-state index in [-0.39, 0.29) is 11.9 Å². The summed E-state index contributed by atoms with van der Waals surface area (Å²) in [6.07, 6.45) is 4.61. The largest absolute Gasteiger partial charge is 0.350 e. The summed E-state index contributed by atoms with van der Waals surface area (Å²) >= 11 is 0. The molecule has 2 N–H and O–H groups in total. The maximum absolute atomic E-state index is 12.2. The highest BCUT2D eigenvalue weighted by atomic mass is 16.2. The molecule has 0 fully saturated rings. The van der Waals surface area contributed by atoms with Crippen molar-refractivity contribution < 1.29 is 4.79 Å². The van der Waals surface area contributed by atoms with Crippen molar-refractivity contribution >= 4 is 5.91 Å². The van der Waals surface area contributed by atoms with E-state index in [1.165, 1.54) is 0 Å². The molecule has 2 aromatic rings. The number of nitrogens with one attached hydrogen (secondary N) is 2. The molecule has 0 saturated heterocycles. The molecule has 0 aromatic carbocycles. The van der Waals surface area contributed by atoms with Crippen molar-refractivity contribution in [2.24, 2.45) is 0 Å². The van der Waals surface area contributed by atoms with Gasteiger partial charge in [-0.3, -0.25) is 9.89 Å². The second-order valence-electron chi connectivity index (χ2n) is 4.68. The molecule has 0 saturated carbocycles. The topological polar surface area (TPSA) is 62.7 Å².